The monoisotopic (exact) mass is 448 g/mol. The number of nitrogens with one attached hydrogen (secondary N) is 1. The van der Waals surface area contributed by atoms with Crippen molar-refractivity contribution in [3.8, 4) is 11.5 Å². The number of imide groups is 1. The molecule has 2 aromatic carbocycles. The molecule has 1 aliphatic heterocycles. The van der Waals surface area contributed by atoms with Crippen LogP contribution < -0.4 is 5.32 Å². The van der Waals surface area contributed by atoms with E-state index in [-0.39, 0.29) is 16.4 Å². The lowest BCUT2D eigenvalue weighted by Crippen LogP contribution is -2.36. The second-order valence-electron chi connectivity index (χ2n) is 5.57. The molecule has 3 rings (SSSR count). The zero-order valence-electron chi connectivity index (χ0n) is 13.7. The lowest BCUT2D eigenvalue weighted by Gasteiger charge is -2.12. The van der Waals surface area contributed by atoms with Crippen LogP contribution in [0.15, 0.2) is 51.8 Å². The molecule has 9 heteroatoms. The van der Waals surface area contributed by atoms with Gasteiger partial charge in [0.2, 0.25) is 5.91 Å². The van der Waals surface area contributed by atoms with Gasteiger partial charge >= 0.3 is 0 Å². The fourth-order valence-electron chi connectivity index (χ4n) is 2.30. The third-order valence-electron chi connectivity index (χ3n) is 3.60. The molecular formula is C18H13BrN2O5S. The Morgan fingerprint density at radius 2 is 1.81 bits per heavy atom. The summed E-state index contributed by atoms with van der Waals surface area (Å²) in [4.78, 5) is 37.6. The number of hydrogen-bond donors (Lipinski definition) is 3. The Bertz CT molecular complexity index is 959. The summed E-state index contributed by atoms with van der Waals surface area (Å²) in [5.74, 6) is -1.71. The van der Waals surface area contributed by atoms with Gasteiger partial charge in [0.25, 0.3) is 11.1 Å². The molecule has 1 fully saturated rings. The molecule has 1 saturated heterocycles. The molecule has 1 aliphatic rings. The van der Waals surface area contributed by atoms with Crippen LogP contribution in [0, 0.1) is 0 Å². The van der Waals surface area contributed by atoms with Crippen LogP contribution in [-0.4, -0.2) is 38.7 Å². The average molecular weight is 449 g/mol. The molecule has 0 unspecified atom stereocenters. The first-order chi connectivity index (χ1) is 12.8. The number of carbonyl (C=O) groups is 3. The highest BCUT2D eigenvalue weighted by Crippen LogP contribution is 2.33. The Labute approximate surface area is 166 Å². The Morgan fingerprint density at radius 3 is 2.48 bits per heavy atom. The number of carbonyl (C=O) groups excluding carboxylic acids is 3. The molecule has 0 atom stereocenters. The van der Waals surface area contributed by atoms with E-state index in [9.17, 15) is 24.6 Å². The zero-order valence-corrected chi connectivity index (χ0v) is 16.1. The third kappa shape index (κ3) is 4.50. The van der Waals surface area contributed by atoms with Crippen molar-refractivity contribution in [2.75, 3.05) is 11.9 Å². The Balaban J connectivity index is 1.70. The highest BCUT2D eigenvalue weighted by atomic mass is 79.9. The van der Waals surface area contributed by atoms with Gasteiger partial charge in [-0.05, 0) is 59.8 Å². The standard InChI is InChI=1S/C18H13BrN2O5S/c19-11-2-4-12(5-3-11)20-16(24)9-21-17(25)15(27-18(21)26)8-10-1-6-13(22)14(23)7-10/h1-8,22-23H,9H2,(H,20,24). The second kappa shape index (κ2) is 7.85. The molecule has 0 aliphatic carbocycles. The first-order valence-electron chi connectivity index (χ1n) is 7.66. The molecule has 0 radical (unpaired) electrons. The van der Waals surface area contributed by atoms with Gasteiger partial charge in [-0.2, -0.15) is 0 Å². The van der Waals surface area contributed by atoms with Crippen molar-refractivity contribution >= 4 is 56.5 Å². The fourth-order valence-corrected chi connectivity index (χ4v) is 3.40. The van der Waals surface area contributed by atoms with Crippen molar-refractivity contribution < 1.29 is 24.6 Å². The number of anilines is 1. The zero-order chi connectivity index (χ0) is 19.6. The number of amides is 3. The van der Waals surface area contributed by atoms with E-state index in [0.717, 1.165) is 9.37 Å². The van der Waals surface area contributed by atoms with Crippen LogP contribution >= 0.6 is 27.7 Å². The van der Waals surface area contributed by atoms with Crippen LogP contribution in [0.2, 0.25) is 0 Å². The average Bonchev–Trinajstić information content (AvgIpc) is 2.87. The van der Waals surface area contributed by atoms with Crippen molar-refractivity contribution in [3.05, 3.63) is 57.4 Å². The summed E-state index contributed by atoms with van der Waals surface area (Å²) in [7, 11) is 0. The first-order valence-corrected chi connectivity index (χ1v) is 9.27. The maximum absolute atomic E-state index is 12.4. The van der Waals surface area contributed by atoms with Gasteiger partial charge in [-0.25, -0.2) is 0 Å². The van der Waals surface area contributed by atoms with Crippen molar-refractivity contribution in [1.82, 2.24) is 4.90 Å². The van der Waals surface area contributed by atoms with Gasteiger partial charge < -0.3 is 15.5 Å². The molecule has 0 bridgehead atoms. The third-order valence-corrected chi connectivity index (χ3v) is 5.04. The molecule has 138 valence electrons. The maximum Gasteiger partial charge on any atom is 0.294 e. The van der Waals surface area contributed by atoms with E-state index in [1.807, 2.05) is 0 Å². The van der Waals surface area contributed by atoms with Gasteiger partial charge in [0.05, 0.1) is 4.91 Å². The molecule has 7 nitrogen and oxygen atoms in total. The predicted molar refractivity (Wildman–Crippen MR) is 105 cm³/mol. The van der Waals surface area contributed by atoms with Gasteiger partial charge in [0, 0.05) is 10.2 Å². The van der Waals surface area contributed by atoms with Gasteiger partial charge in [0.15, 0.2) is 11.5 Å². The normalized spacial score (nSPS) is 15.4. The smallest absolute Gasteiger partial charge is 0.294 e. The van der Waals surface area contributed by atoms with E-state index in [1.165, 1.54) is 24.3 Å². The molecular weight excluding hydrogens is 436 g/mol. The van der Waals surface area contributed by atoms with Crippen molar-refractivity contribution in [2.45, 2.75) is 0 Å². The van der Waals surface area contributed by atoms with E-state index >= 15 is 0 Å². The van der Waals surface area contributed by atoms with Gasteiger partial charge in [0.1, 0.15) is 6.54 Å². The van der Waals surface area contributed by atoms with Crippen LogP contribution in [0.5, 0.6) is 11.5 Å². The minimum absolute atomic E-state index is 0.126. The first kappa shape index (κ1) is 19.0. The summed E-state index contributed by atoms with van der Waals surface area (Å²) < 4.78 is 0.858. The molecule has 0 saturated carbocycles. The number of rotatable bonds is 4. The molecule has 2 aromatic rings. The highest BCUT2D eigenvalue weighted by molar-refractivity contribution is 9.10. The topological polar surface area (TPSA) is 107 Å². The maximum atomic E-state index is 12.4. The highest BCUT2D eigenvalue weighted by Gasteiger charge is 2.36. The summed E-state index contributed by atoms with van der Waals surface area (Å²) in [6.07, 6.45) is 1.41. The predicted octanol–water partition coefficient (Wildman–Crippen LogP) is 3.54. The molecule has 1 heterocycles. The number of phenolic OH excluding ortho intramolecular Hbond substituents is 2. The minimum Gasteiger partial charge on any atom is -0.504 e. The summed E-state index contributed by atoms with van der Waals surface area (Å²) >= 11 is 4.00. The number of thioether (sulfide) groups is 1. The number of hydrogen-bond acceptors (Lipinski definition) is 6. The SMILES string of the molecule is O=C(CN1C(=O)SC(=Cc2ccc(O)c(O)c2)C1=O)Nc1ccc(Br)cc1. The largest absolute Gasteiger partial charge is 0.504 e. The van der Waals surface area contributed by atoms with Gasteiger partial charge in [-0.1, -0.05) is 22.0 Å². The van der Waals surface area contributed by atoms with Crippen LogP contribution in [0.25, 0.3) is 6.08 Å². The van der Waals surface area contributed by atoms with Crippen molar-refractivity contribution in [1.29, 1.82) is 0 Å². The number of nitrogens with zero attached hydrogens (tertiary/aromatic N) is 1. The summed E-state index contributed by atoms with van der Waals surface area (Å²) in [6, 6.07) is 10.9. The minimum atomic E-state index is -0.594. The van der Waals surface area contributed by atoms with E-state index in [4.69, 9.17) is 0 Å². The fraction of sp³-hybridized carbons (Fsp3) is 0.0556. The summed E-state index contributed by atoms with van der Waals surface area (Å²) in [5.41, 5.74) is 0.986. The quantitative estimate of drug-likeness (QED) is 0.487. The Kier molecular flexibility index (Phi) is 5.52. The van der Waals surface area contributed by atoms with Crippen LogP contribution in [0.3, 0.4) is 0 Å². The number of aromatic hydroxyl groups is 2. The van der Waals surface area contributed by atoms with Crippen molar-refractivity contribution in [2.24, 2.45) is 0 Å². The molecule has 0 spiro atoms. The summed E-state index contributed by atoms with van der Waals surface area (Å²) in [6.45, 7) is -0.404. The van der Waals surface area contributed by atoms with E-state index < -0.39 is 23.6 Å². The molecule has 27 heavy (non-hydrogen) atoms. The second-order valence-corrected chi connectivity index (χ2v) is 7.48. The van der Waals surface area contributed by atoms with Crippen LogP contribution in [0.4, 0.5) is 10.5 Å². The Hall–Kier alpha value is -2.78. The van der Waals surface area contributed by atoms with Gasteiger partial charge in [-0.3, -0.25) is 19.3 Å². The molecule has 3 amide bonds. The van der Waals surface area contributed by atoms with Gasteiger partial charge in [-0.15, -0.1) is 0 Å². The van der Waals surface area contributed by atoms with Crippen LogP contribution in [0.1, 0.15) is 5.56 Å². The van der Waals surface area contributed by atoms with E-state index in [1.54, 1.807) is 24.3 Å². The van der Waals surface area contributed by atoms with E-state index in [2.05, 4.69) is 21.2 Å². The number of halogens is 1. The summed E-state index contributed by atoms with van der Waals surface area (Å²) in [5, 5.41) is 20.9. The molecule has 0 aromatic heterocycles. The van der Waals surface area contributed by atoms with Crippen molar-refractivity contribution in [3.63, 3.8) is 0 Å². The number of phenols is 2. The lowest BCUT2D eigenvalue weighted by atomic mass is 10.2. The number of benzene rings is 2. The molecule has 3 N–H and O–H groups in total. The lowest BCUT2D eigenvalue weighted by molar-refractivity contribution is -0.127. The van der Waals surface area contributed by atoms with E-state index in [0.29, 0.717) is 23.0 Å². The van der Waals surface area contributed by atoms with Crippen LogP contribution in [-0.2, 0) is 9.59 Å². The Morgan fingerprint density at radius 1 is 1.11 bits per heavy atom.